The van der Waals surface area contributed by atoms with E-state index in [1.54, 1.807) is 6.07 Å². The normalized spacial score (nSPS) is 11.1. The fourth-order valence-electron chi connectivity index (χ4n) is 3.30. The molecule has 0 amide bonds. The Bertz CT molecular complexity index is 1090. The van der Waals surface area contributed by atoms with E-state index in [9.17, 15) is 5.11 Å². The van der Waals surface area contributed by atoms with Crippen molar-refractivity contribution in [2.24, 2.45) is 0 Å². The minimum atomic E-state index is 0.147. The Morgan fingerprint density at radius 3 is 2.68 bits per heavy atom. The molecule has 4 rings (SSSR count). The highest BCUT2D eigenvalue weighted by Gasteiger charge is 2.10. The van der Waals surface area contributed by atoms with Gasteiger partial charge in [0.1, 0.15) is 0 Å². The van der Waals surface area contributed by atoms with Crippen LogP contribution in [0.5, 0.6) is 11.5 Å². The average Bonchev–Trinajstić information content (AvgIpc) is 2.63. The maximum absolute atomic E-state index is 9.91. The van der Waals surface area contributed by atoms with Crippen molar-refractivity contribution in [2.75, 3.05) is 6.61 Å². The fourth-order valence-corrected chi connectivity index (χ4v) is 3.30. The summed E-state index contributed by atoms with van der Waals surface area (Å²) in [6.45, 7) is 4.52. The van der Waals surface area contributed by atoms with Gasteiger partial charge in [-0.25, -0.2) is 4.98 Å². The topological polar surface area (TPSA) is 42.4 Å². The molecule has 3 aromatic carbocycles. The maximum atomic E-state index is 9.91. The van der Waals surface area contributed by atoms with Crippen LogP contribution in [0.15, 0.2) is 60.7 Å². The summed E-state index contributed by atoms with van der Waals surface area (Å²) in [5, 5.41) is 13.5. The molecule has 1 N–H and O–H groups in total. The first-order valence-electron chi connectivity index (χ1n) is 8.42. The molecule has 4 aromatic rings. The van der Waals surface area contributed by atoms with Crippen LogP contribution in [-0.2, 0) is 0 Å². The Hall–Kier alpha value is -3.07. The van der Waals surface area contributed by atoms with Gasteiger partial charge < -0.3 is 9.84 Å². The first kappa shape index (κ1) is 15.5. The van der Waals surface area contributed by atoms with Crippen LogP contribution in [0, 0.1) is 6.92 Å². The number of ether oxygens (including phenoxy) is 1. The quantitative estimate of drug-likeness (QED) is 0.507. The van der Waals surface area contributed by atoms with Crippen LogP contribution in [0.3, 0.4) is 0 Å². The minimum Gasteiger partial charge on any atom is -0.504 e. The molecule has 1 aromatic heterocycles. The Morgan fingerprint density at radius 1 is 1.00 bits per heavy atom. The molecular weight excluding hydrogens is 310 g/mol. The summed E-state index contributed by atoms with van der Waals surface area (Å²) in [6.07, 6.45) is 0. The van der Waals surface area contributed by atoms with Gasteiger partial charge in [0.25, 0.3) is 0 Å². The number of hydrogen-bond acceptors (Lipinski definition) is 3. The number of aryl methyl sites for hydroxylation is 1. The monoisotopic (exact) mass is 329 g/mol. The molecule has 0 bridgehead atoms. The lowest BCUT2D eigenvalue weighted by Crippen LogP contribution is -1.94. The molecule has 0 unspecified atom stereocenters. The van der Waals surface area contributed by atoms with Gasteiger partial charge in [0.05, 0.1) is 17.8 Å². The Morgan fingerprint density at radius 2 is 1.84 bits per heavy atom. The average molecular weight is 329 g/mol. The number of fused-ring (bicyclic) bond motifs is 3. The molecule has 0 radical (unpaired) electrons. The van der Waals surface area contributed by atoms with Crippen molar-refractivity contribution in [3.05, 3.63) is 66.2 Å². The minimum absolute atomic E-state index is 0.147. The van der Waals surface area contributed by atoms with Crippen LogP contribution >= 0.6 is 0 Å². The zero-order valence-corrected chi connectivity index (χ0v) is 14.3. The van der Waals surface area contributed by atoms with Gasteiger partial charge in [0.15, 0.2) is 11.5 Å². The van der Waals surface area contributed by atoms with E-state index in [1.165, 1.54) is 21.7 Å². The molecule has 124 valence electrons. The lowest BCUT2D eigenvalue weighted by atomic mass is 9.99. The summed E-state index contributed by atoms with van der Waals surface area (Å²) < 4.78 is 5.50. The smallest absolute Gasteiger partial charge is 0.161 e. The number of benzene rings is 3. The number of nitrogens with zero attached hydrogens (tertiary/aromatic N) is 1. The third-order valence-electron chi connectivity index (χ3n) is 4.45. The summed E-state index contributed by atoms with van der Waals surface area (Å²) >= 11 is 0. The molecule has 1 heterocycles. The van der Waals surface area contributed by atoms with Crippen molar-refractivity contribution in [3.63, 3.8) is 0 Å². The molecule has 3 nitrogen and oxygen atoms in total. The number of aromatic nitrogens is 1. The van der Waals surface area contributed by atoms with E-state index in [2.05, 4.69) is 49.4 Å². The molecule has 0 fully saturated rings. The lowest BCUT2D eigenvalue weighted by molar-refractivity contribution is 0.318. The first-order chi connectivity index (χ1) is 12.2. The Balaban J connectivity index is 1.92. The van der Waals surface area contributed by atoms with E-state index in [1.807, 2.05) is 19.1 Å². The highest BCUT2D eigenvalue weighted by molar-refractivity contribution is 6.08. The van der Waals surface area contributed by atoms with Gasteiger partial charge in [-0.15, -0.1) is 0 Å². The zero-order valence-electron chi connectivity index (χ0n) is 14.3. The van der Waals surface area contributed by atoms with Crippen molar-refractivity contribution in [2.45, 2.75) is 13.8 Å². The van der Waals surface area contributed by atoms with Gasteiger partial charge in [-0.3, -0.25) is 0 Å². The number of hydrogen-bond donors (Lipinski definition) is 1. The van der Waals surface area contributed by atoms with E-state index in [4.69, 9.17) is 9.72 Å². The third-order valence-corrected chi connectivity index (χ3v) is 4.45. The second kappa shape index (κ2) is 6.10. The van der Waals surface area contributed by atoms with Crippen LogP contribution in [0.2, 0.25) is 0 Å². The molecule has 25 heavy (non-hydrogen) atoms. The fraction of sp³-hybridized carbons (Fsp3) is 0.136. The van der Waals surface area contributed by atoms with Crippen LogP contribution in [0.4, 0.5) is 0 Å². The molecular formula is C22H19NO2. The zero-order chi connectivity index (χ0) is 17.4. The molecule has 0 aliphatic carbocycles. The maximum Gasteiger partial charge on any atom is 0.161 e. The van der Waals surface area contributed by atoms with Crippen LogP contribution in [0.25, 0.3) is 32.9 Å². The molecule has 0 atom stereocenters. The van der Waals surface area contributed by atoms with Gasteiger partial charge >= 0.3 is 0 Å². The molecule has 0 saturated carbocycles. The number of rotatable bonds is 3. The first-order valence-corrected chi connectivity index (χ1v) is 8.42. The summed E-state index contributed by atoms with van der Waals surface area (Å²) in [4.78, 5) is 4.85. The van der Waals surface area contributed by atoms with Crippen molar-refractivity contribution in [1.29, 1.82) is 0 Å². The Labute approximate surface area is 146 Å². The van der Waals surface area contributed by atoms with Gasteiger partial charge in [0, 0.05) is 10.9 Å². The number of phenolic OH excluding ortho intramolecular Hbond substituents is 1. The van der Waals surface area contributed by atoms with Crippen molar-refractivity contribution in [3.8, 4) is 22.8 Å². The molecule has 3 heteroatoms. The van der Waals surface area contributed by atoms with Gasteiger partial charge in [-0.05, 0) is 60.5 Å². The summed E-state index contributed by atoms with van der Waals surface area (Å²) in [5.41, 5.74) is 3.96. The van der Waals surface area contributed by atoms with Gasteiger partial charge in [-0.2, -0.15) is 0 Å². The highest BCUT2D eigenvalue weighted by Crippen LogP contribution is 2.34. The van der Waals surface area contributed by atoms with Gasteiger partial charge in [-0.1, -0.05) is 30.3 Å². The molecule has 0 spiro atoms. The second-order valence-electron chi connectivity index (χ2n) is 6.12. The van der Waals surface area contributed by atoms with E-state index in [0.717, 1.165) is 16.8 Å². The second-order valence-corrected chi connectivity index (χ2v) is 6.12. The molecule has 0 saturated heterocycles. The highest BCUT2D eigenvalue weighted by atomic mass is 16.5. The van der Waals surface area contributed by atoms with Crippen LogP contribution in [-0.4, -0.2) is 16.7 Å². The Kier molecular flexibility index (Phi) is 3.77. The number of aromatic hydroxyl groups is 1. The lowest BCUT2D eigenvalue weighted by Gasteiger charge is -2.11. The summed E-state index contributed by atoms with van der Waals surface area (Å²) in [5.74, 6) is 0.632. The van der Waals surface area contributed by atoms with E-state index in [0.29, 0.717) is 12.4 Å². The van der Waals surface area contributed by atoms with Crippen LogP contribution < -0.4 is 4.74 Å². The SMILES string of the molecule is CCOc1cc(-c2cc(C)c3c(ccc4ccccc43)n2)ccc1O. The number of phenols is 1. The van der Waals surface area contributed by atoms with Crippen LogP contribution in [0.1, 0.15) is 12.5 Å². The largest absolute Gasteiger partial charge is 0.504 e. The predicted molar refractivity (Wildman–Crippen MR) is 102 cm³/mol. The van der Waals surface area contributed by atoms with Crippen molar-refractivity contribution < 1.29 is 9.84 Å². The van der Waals surface area contributed by atoms with E-state index < -0.39 is 0 Å². The molecule has 0 aliphatic rings. The van der Waals surface area contributed by atoms with E-state index in [-0.39, 0.29) is 5.75 Å². The summed E-state index contributed by atoms with van der Waals surface area (Å²) in [6, 6.07) is 20.0. The van der Waals surface area contributed by atoms with Crippen molar-refractivity contribution in [1.82, 2.24) is 4.98 Å². The van der Waals surface area contributed by atoms with Crippen molar-refractivity contribution >= 4 is 21.7 Å². The molecule has 0 aliphatic heterocycles. The third kappa shape index (κ3) is 2.68. The number of pyridine rings is 1. The van der Waals surface area contributed by atoms with E-state index >= 15 is 0 Å². The summed E-state index contributed by atoms with van der Waals surface area (Å²) in [7, 11) is 0. The predicted octanol–water partition coefficient (Wildman–Crippen LogP) is 5.47. The standard InChI is InChI=1S/C22H19NO2/c1-3-25-21-13-16(9-11-20(21)24)19-12-14(2)22-17-7-5-4-6-15(17)8-10-18(22)23-19/h4-13,24H,3H2,1-2H3. The van der Waals surface area contributed by atoms with Gasteiger partial charge in [0.2, 0.25) is 0 Å².